The maximum absolute atomic E-state index is 13.8. The lowest BCUT2D eigenvalue weighted by Crippen LogP contribution is -2.28. The van der Waals surface area contributed by atoms with Crippen molar-refractivity contribution >= 4 is 11.7 Å². The Balaban J connectivity index is 2.14. The molecule has 23 heavy (non-hydrogen) atoms. The van der Waals surface area contributed by atoms with E-state index in [1.54, 1.807) is 19.1 Å². The number of carbonyl (C=O) groups excluding carboxylic acids is 1. The lowest BCUT2D eigenvalue weighted by atomic mass is 10.0. The van der Waals surface area contributed by atoms with E-state index in [9.17, 15) is 26.7 Å². The van der Waals surface area contributed by atoms with Gasteiger partial charge in [0.2, 0.25) is 12.0 Å². The predicted octanol–water partition coefficient (Wildman–Crippen LogP) is 3.97. The lowest BCUT2D eigenvalue weighted by Gasteiger charge is -2.28. The van der Waals surface area contributed by atoms with Crippen LogP contribution < -0.4 is 5.32 Å². The second-order valence-corrected chi connectivity index (χ2v) is 4.91. The molecule has 0 saturated heterocycles. The number of halogens is 5. The summed E-state index contributed by atoms with van der Waals surface area (Å²) in [5, 5.41) is 2.46. The normalized spacial score (nSPS) is 16.6. The van der Waals surface area contributed by atoms with Crippen LogP contribution in [0.5, 0.6) is 0 Å². The topological polar surface area (TPSA) is 38.3 Å². The van der Waals surface area contributed by atoms with Gasteiger partial charge < -0.3 is 10.1 Å². The number of benzene rings is 2. The van der Waals surface area contributed by atoms with Crippen molar-refractivity contribution in [2.24, 2.45) is 0 Å². The van der Waals surface area contributed by atoms with Gasteiger partial charge in [-0.2, -0.15) is 0 Å². The second kappa shape index (κ2) is 5.22. The first kappa shape index (κ1) is 15.3. The van der Waals surface area contributed by atoms with Gasteiger partial charge in [0.05, 0.1) is 16.8 Å². The minimum atomic E-state index is -2.28. The average molecular weight is 329 g/mol. The molecule has 2 aromatic carbocycles. The Morgan fingerprint density at radius 3 is 2.13 bits per heavy atom. The molecule has 0 saturated carbocycles. The van der Waals surface area contributed by atoms with Gasteiger partial charge in [-0.15, -0.1) is 0 Å². The van der Waals surface area contributed by atoms with Crippen molar-refractivity contribution in [2.45, 2.75) is 13.2 Å². The van der Waals surface area contributed by atoms with Crippen molar-refractivity contribution in [2.75, 3.05) is 5.32 Å². The summed E-state index contributed by atoms with van der Waals surface area (Å²) in [6.07, 6.45) is -1.83. The summed E-state index contributed by atoms with van der Waals surface area (Å²) < 4.78 is 72.1. The quantitative estimate of drug-likeness (QED) is 0.372. The van der Waals surface area contributed by atoms with Crippen molar-refractivity contribution in [1.82, 2.24) is 0 Å². The summed E-state index contributed by atoms with van der Waals surface area (Å²) >= 11 is 0. The van der Waals surface area contributed by atoms with Crippen LogP contribution in [0.2, 0.25) is 0 Å². The Hall–Kier alpha value is -2.64. The van der Waals surface area contributed by atoms with Gasteiger partial charge in [-0.25, -0.2) is 26.7 Å². The third-order valence-corrected chi connectivity index (χ3v) is 3.49. The molecule has 3 rings (SSSR count). The largest absolute Gasteiger partial charge is 0.433 e. The maximum Gasteiger partial charge on any atom is 0.342 e. The van der Waals surface area contributed by atoms with Crippen LogP contribution in [0.3, 0.4) is 0 Å². The van der Waals surface area contributed by atoms with Gasteiger partial charge in [0.1, 0.15) is 0 Å². The van der Waals surface area contributed by atoms with Crippen LogP contribution in [0.1, 0.15) is 27.7 Å². The third-order valence-electron chi connectivity index (χ3n) is 3.49. The van der Waals surface area contributed by atoms with Gasteiger partial charge in [0, 0.05) is 0 Å². The van der Waals surface area contributed by atoms with Crippen molar-refractivity contribution < 1.29 is 31.5 Å². The zero-order valence-corrected chi connectivity index (χ0v) is 11.5. The molecule has 1 heterocycles. The van der Waals surface area contributed by atoms with Gasteiger partial charge in [-0.3, -0.25) is 0 Å². The number of carbonyl (C=O) groups is 1. The molecule has 0 spiro atoms. The molecule has 0 aromatic heterocycles. The number of ether oxygens (including phenoxy) is 1. The fourth-order valence-corrected chi connectivity index (χ4v) is 2.38. The highest BCUT2D eigenvalue weighted by molar-refractivity contribution is 5.98. The second-order valence-electron chi connectivity index (χ2n) is 4.91. The molecule has 2 aromatic rings. The molecule has 1 atom stereocenters. The number of hydrogen-bond acceptors (Lipinski definition) is 3. The van der Waals surface area contributed by atoms with E-state index in [4.69, 9.17) is 4.74 Å². The van der Waals surface area contributed by atoms with Gasteiger partial charge >= 0.3 is 5.97 Å². The molecule has 1 aliphatic heterocycles. The number of nitrogens with one attached hydrogen (secondary N) is 1. The summed E-state index contributed by atoms with van der Waals surface area (Å²) in [7, 11) is 0. The van der Waals surface area contributed by atoms with Crippen LogP contribution in [0.15, 0.2) is 18.2 Å². The summed E-state index contributed by atoms with van der Waals surface area (Å²) in [6, 6.07) is 4.61. The van der Waals surface area contributed by atoms with Gasteiger partial charge in [-0.05, 0) is 18.6 Å². The summed E-state index contributed by atoms with van der Waals surface area (Å²) in [6.45, 7) is 1.61. The monoisotopic (exact) mass is 329 g/mol. The minimum Gasteiger partial charge on any atom is -0.433 e. The number of cyclic esters (lactones) is 1. The Morgan fingerprint density at radius 1 is 0.957 bits per heavy atom. The first-order valence-electron chi connectivity index (χ1n) is 6.41. The average Bonchev–Trinajstić information content (AvgIpc) is 2.51. The molecule has 0 radical (unpaired) electrons. The number of rotatable bonds is 1. The first-order valence-corrected chi connectivity index (χ1v) is 6.41. The van der Waals surface area contributed by atoms with Crippen molar-refractivity contribution in [3.63, 3.8) is 0 Å². The Kier molecular flexibility index (Phi) is 3.46. The smallest absolute Gasteiger partial charge is 0.342 e. The van der Waals surface area contributed by atoms with E-state index in [2.05, 4.69) is 5.32 Å². The lowest BCUT2D eigenvalue weighted by molar-refractivity contribution is 0.0312. The summed E-state index contributed by atoms with van der Waals surface area (Å²) in [5.41, 5.74) is -0.402. The van der Waals surface area contributed by atoms with E-state index < -0.39 is 46.8 Å². The fourth-order valence-electron chi connectivity index (χ4n) is 2.38. The molecular formula is C15H8F5NO2. The van der Waals surface area contributed by atoms with Crippen molar-refractivity contribution in [3.05, 3.63) is 64.0 Å². The summed E-state index contributed by atoms with van der Waals surface area (Å²) in [5.74, 6) is -11.5. The molecule has 120 valence electrons. The van der Waals surface area contributed by atoms with Crippen LogP contribution in [0, 0.1) is 36.0 Å². The molecule has 8 heteroatoms. The van der Waals surface area contributed by atoms with Crippen molar-refractivity contribution in [3.8, 4) is 0 Å². The van der Waals surface area contributed by atoms with E-state index in [0.717, 1.165) is 0 Å². The van der Waals surface area contributed by atoms with Crippen LogP contribution in [0.4, 0.5) is 27.6 Å². The zero-order valence-electron chi connectivity index (χ0n) is 11.5. The fraction of sp³-hybridized carbons (Fsp3) is 0.133. The molecule has 0 aliphatic carbocycles. The number of fused-ring (bicyclic) bond motifs is 1. The van der Waals surface area contributed by atoms with E-state index in [0.29, 0.717) is 5.56 Å². The molecule has 1 aliphatic rings. The highest BCUT2D eigenvalue weighted by Gasteiger charge is 2.36. The van der Waals surface area contributed by atoms with Crippen LogP contribution >= 0.6 is 0 Å². The number of hydrogen-bond donors (Lipinski definition) is 1. The molecule has 0 amide bonds. The van der Waals surface area contributed by atoms with E-state index in [1.807, 2.05) is 0 Å². The Bertz CT molecular complexity index is 808. The van der Waals surface area contributed by atoms with Gasteiger partial charge in [0.15, 0.2) is 23.3 Å². The maximum atomic E-state index is 13.8. The highest BCUT2D eigenvalue weighted by atomic mass is 19.2. The van der Waals surface area contributed by atoms with E-state index in [1.165, 1.54) is 6.07 Å². The molecule has 3 nitrogen and oxygen atoms in total. The molecule has 1 unspecified atom stereocenters. The number of aryl methyl sites for hydroxylation is 1. The number of anilines is 1. The summed E-state index contributed by atoms with van der Waals surface area (Å²) in [4.78, 5) is 12.0. The van der Waals surface area contributed by atoms with Gasteiger partial charge in [-0.1, -0.05) is 12.1 Å². The highest BCUT2D eigenvalue weighted by Crippen LogP contribution is 2.36. The SMILES string of the molecule is Cc1cccc2c1C(=O)OC(c1c(F)c(F)c(F)c(F)c1F)N2. The number of esters is 1. The van der Waals surface area contributed by atoms with Crippen LogP contribution in [-0.2, 0) is 4.74 Å². The molecular weight excluding hydrogens is 321 g/mol. The first-order chi connectivity index (χ1) is 10.8. The molecule has 1 N–H and O–H groups in total. The molecule has 0 bridgehead atoms. The van der Waals surface area contributed by atoms with E-state index in [-0.39, 0.29) is 11.3 Å². The third kappa shape index (κ3) is 2.21. The molecule has 0 fully saturated rings. The Labute approximate surface area is 126 Å². The van der Waals surface area contributed by atoms with E-state index >= 15 is 0 Å². The standard InChI is InChI=1S/C15H8F5NO2/c1-5-3-2-4-6-7(5)15(22)23-14(21-6)8-9(16)11(18)13(20)12(19)10(8)17/h2-4,14,21H,1H3. The van der Waals surface area contributed by atoms with Gasteiger partial charge in [0.25, 0.3) is 0 Å². The Morgan fingerprint density at radius 2 is 1.52 bits per heavy atom. The van der Waals surface area contributed by atoms with Crippen LogP contribution in [0.25, 0.3) is 0 Å². The predicted molar refractivity (Wildman–Crippen MR) is 69.2 cm³/mol. The van der Waals surface area contributed by atoms with Crippen LogP contribution in [-0.4, -0.2) is 5.97 Å². The zero-order chi connectivity index (χ0) is 16.9. The van der Waals surface area contributed by atoms with Crippen molar-refractivity contribution in [1.29, 1.82) is 0 Å². The minimum absolute atomic E-state index is 0.132.